The van der Waals surface area contributed by atoms with Gasteiger partial charge >= 0.3 is 0 Å². The average Bonchev–Trinajstić information content (AvgIpc) is 2.73. The maximum Gasteiger partial charge on any atom is 0.261 e. The van der Waals surface area contributed by atoms with E-state index in [0.717, 1.165) is 0 Å². The van der Waals surface area contributed by atoms with E-state index in [9.17, 15) is 14.7 Å². The number of aliphatic hydroxyl groups excluding tert-OH is 1. The fourth-order valence-electron chi connectivity index (χ4n) is 2.89. The molecule has 0 saturated heterocycles. The van der Waals surface area contributed by atoms with Gasteiger partial charge in [0.1, 0.15) is 18.5 Å². The van der Waals surface area contributed by atoms with Crippen molar-refractivity contribution in [2.45, 2.75) is 19.6 Å². The molecule has 152 valence electrons. The number of aromatic nitrogens is 2. The number of fused-ring (bicyclic) bond motifs is 1. The first kappa shape index (κ1) is 20.3. The summed E-state index contributed by atoms with van der Waals surface area (Å²) in [6, 6.07) is 9.89. The lowest BCUT2D eigenvalue weighted by atomic mass is 10.1. The lowest BCUT2D eigenvalue weighted by molar-refractivity contribution is 0.0913. The molecule has 1 heterocycles. The minimum Gasteiger partial charge on any atom is -0.493 e. The van der Waals surface area contributed by atoms with Crippen molar-refractivity contribution in [2.24, 2.45) is 0 Å². The molecule has 0 unspecified atom stereocenters. The van der Waals surface area contributed by atoms with E-state index < -0.39 is 6.10 Å². The van der Waals surface area contributed by atoms with E-state index in [0.29, 0.717) is 33.7 Å². The molecule has 0 saturated carbocycles. The monoisotopic (exact) mass is 398 g/mol. The highest BCUT2D eigenvalue weighted by Gasteiger charge is 2.14. The average molecular weight is 398 g/mol. The smallest absolute Gasteiger partial charge is 0.261 e. The van der Waals surface area contributed by atoms with E-state index in [1.54, 1.807) is 36.4 Å². The summed E-state index contributed by atoms with van der Waals surface area (Å²) in [7, 11) is 2.99. The summed E-state index contributed by atoms with van der Waals surface area (Å²) in [5.41, 5.74) is 0.681. The van der Waals surface area contributed by atoms with Crippen LogP contribution in [0, 0.1) is 0 Å². The third-order valence-electron chi connectivity index (χ3n) is 4.42. The molecule has 0 radical (unpaired) electrons. The molecule has 2 aromatic carbocycles. The number of ketones is 1. The van der Waals surface area contributed by atoms with Crippen LogP contribution in [0.3, 0.4) is 0 Å². The van der Waals surface area contributed by atoms with Crippen LogP contribution in [0.1, 0.15) is 17.3 Å². The summed E-state index contributed by atoms with van der Waals surface area (Å²) in [4.78, 5) is 28.5. The number of carbonyl (C=O) groups excluding carboxylic acids is 1. The zero-order valence-electron chi connectivity index (χ0n) is 16.4. The molecule has 0 bridgehead atoms. The lowest BCUT2D eigenvalue weighted by Crippen LogP contribution is -2.30. The predicted molar refractivity (Wildman–Crippen MR) is 107 cm³/mol. The predicted octanol–water partition coefficient (Wildman–Crippen LogP) is 2.06. The number of nitrogens with zero attached hydrogens (tertiary/aromatic N) is 2. The number of methoxy groups -OCH3 is 2. The van der Waals surface area contributed by atoms with Crippen molar-refractivity contribution in [1.29, 1.82) is 0 Å². The van der Waals surface area contributed by atoms with Gasteiger partial charge in [0.05, 0.1) is 38.0 Å². The molecule has 8 nitrogen and oxygen atoms in total. The Labute approximate surface area is 167 Å². The molecule has 8 heteroatoms. The van der Waals surface area contributed by atoms with Crippen LogP contribution >= 0.6 is 0 Å². The molecule has 29 heavy (non-hydrogen) atoms. The van der Waals surface area contributed by atoms with E-state index in [1.807, 2.05) is 0 Å². The third kappa shape index (κ3) is 4.55. The Morgan fingerprint density at radius 2 is 1.90 bits per heavy atom. The van der Waals surface area contributed by atoms with Gasteiger partial charge in [-0.2, -0.15) is 0 Å². The van der Waals surface area contributed by atoms with Crippen LogP contribution in [0.2, 0.25) is 0 Å². The van der Waals surface area contributed by atoms with Gasteiger partial charge in [0, 0.05) is 11.6 Å². The maximum absolute atomic E-state index is 12.8. The fraction of sp³-hybridized carbons (Fsp3) is 0.286. The van der Waals surface area contributed by atoms with E-state index in [-0.39, 0.29) is 24.5 Å². The molecule has 0 amide bonds. The summed E-state index contributed by atoms with van der Waals surface area (Å²) in [6.45, 7) is 1.43. The van der Waals surface area contributed by atoms with Crippen molar-refractivity contribution < 1.29 is 24.1 Å². The highest BCUT2D eigenvalue weighted by atomic mass is 16.5. The first-order valence-electron chi connectivity index (χ1n) is 8.96. The van der Waals surface area contributed by atoms with Gasteiger partial charge in [-0.1, -0.05) is 12.1 Å². The summed E-state index contributed by atoms with van der Waals surface area (Å²) in [6.07, 6.45) is 0.420. The standard InChI is InChI=1S/C21H22N2O6/c1-13(24)14-5-4-6-16(7-14)29-11-15(25)10-23-12-22-18-9-20(28-3)19(27-2)8-17(18)21(23)26/h4-9,12,15,25H,10-11H2,1-3H3/t15-/m1/s1. The highest BCUT2D eigenvalue weighted by Crippen LogP contribution is 2.29. The fourth-order valence-corrected chi connectivity index (χ4v) is 2.89. The lowest BCUT2D eigenvalue weighted by Gasteiger charge is -2.15. The number of rotatable bonds is 8. The summed E-state index contributed by atoms with van der Waals surface area (Å²) in [5, 5.41) is 10.7. The molecule has 1 N–H and O–H groups in total. The first-order valence-corrected chi connectivity index (χ1v) is 8.96. The van der Waals surface area contributed by atoms with Gasteiger partial charge in [0.2, 0.25) is 0 Å². The van der Waals surface area contributed by atoms with Crippen LogP contribution in [0.15, 0.2) is 47.5 Å². The minimum atomic E-state index is -0.951. The summed E-state index contributed by atoms with van der Waals surface area (Å²) in [5.74, 6) is 1.30. The van der Waals surface area contributed by atoms with Crippen molar-refractivity contribution >= 4 is 16.7 Å². The number of carbonyl (C=O) groups is 1. The SMILES string of the molecule is COc1cc2ncn(C[C@@H](O)COc3cccc(C(C)=O)c3)c(=O)c2cc1OC. The van der Waals surface area contributed by atoms with E-state index in [2.05, 4.69) is 4.98 Å². The van der Waals surface area contributed by atoms with Gasteiger partial charge in [-0.05, 0) is 25.1 Å². The number of aliphatic hydroxyl groups is 1. The molecule has 3 rings (SSSR count). The van der Waals surface area contributed by atoms with Crippen LogP contribution < -0.4 is 19.8 Å². The van der Waals surface area contributed by atoms with Crippen molar-refractivity contribution in [3.8, 4) is 17.2 Å². The molecular formula is C21H22N2O6. The van der Waals surface area contributed by atoms with E-state index in [4.69, 9.17) is 14.2 Å². The van der Waals surface area contributed by atoms with Crippen LogP contribution in [-0.4, -0.2) is 47.4 Å². The van der Waals surface area contributed by atoms with Gasteiger partial charge in [0.15, 0.2) is 17.3 Å². The largest absolute Gasteiger partial charge is 0.493 e. The second-order valence-electron chi connectivity index (χ2n) is 6.48. The van der Waals surface area contributed by atoms with Crippen molar-refractivity contribution in [3.05, 3.63) is 58.6 Å². The van der Waals surface area contributed by atoms with E-state index >= 15 is 0 Å². The Bertz CT molecular complexity index is 1090. The van der Waals surface area contributed by atoms with E-state index in [1.165, 1.54) is 32.0 Å². The normalized spacial score (nSPS) is 11.9. The highest BCUT2D eigenvalue weighted by molar-refractivity contribution is 5.94. The van der Waals surface area contributed by atoms with Gasteiger partial charge in [-0.15, -0.1) is 0 Å². The van der Waals surface area contributed by atoms with Crippen LogP contribution in [0.5, 0.6) is 17.2 Å². The van der Waals surface area contributed by atoms with Gasteiger partial charge in [0.25, 0.3) is 5.56 Å². The zero-order chi connectivity index (χ0) is 21.0. The third-order valence-corrected chi connectivity index (χ3v) is 4.42. The topological polar surface area (TPSA) is 99.9 Å². The summed E-state index contributed by atoms with van der Waals surface area (Å²) >= 11 is 0. The Morgan fingerprint density at radius 3 is 2.59 bits per heavy atom. The van der Waals surface area contributed by atoms with Crippen molar-refractivity contribution in [1.82, 2.24) is 9.55 Å². The Kier molecular flexibility index (Phi) is 6.13. The van der Waals surface area contributed by atoms with Crippen molar-refractivity contribution in [3.63, 3.8) is 0 Å². The van der Waals surface area contributed by atoms with Gasteiger partial charge < -0.3 is 19.3 Å². The Balaban J connectivity index is 1.75. The Morgan fingerprint density at radius 1 is 1.17 bits per heavy atom. The van der Waals surface area contributed by atoms with Crippen LogP contribution in [0.4, 0.5) is 0 Å². The van der Waals surface area contributed by atoms with Crippen molar-refractivity contribution in [2.75, 3.05) is 20.8 Å². The number of hydrogen-bond acceptors (Lipinski definition) is 7. The minimum absolute atomic E-state index is 0.00250. The number of Topliss-reactive ketones (excluding diaryl/α,β-unsaturated/α-hetero) is 1. The number of benzene rings is 2. The molecule has 0 aliphatic heterocycles. The molecule has 3 aromatic rings. The van der Waals surface area contributed by atoms with Gasteiger partial charge in [-0.3, -0.25) is 14.2 Å². The number of ether oxygens (including phenoxy) is 3. The molecule has 1 atom stereocenters. The first-order chi connectivity index (χ1) is 13.9. The molecule has 0 aliphatic rings. The molecule has 1 aromatic heterocycles. The van der Waals surface area contributed by atoms with Crippen LogP contribution in [-0.2, 0) is 6.54 Å². The summed E-state index contributed by atoms with van der Waals surface area (Å²) < 4.78 is 17.3. The molecule has 0 spiro atoms. The van der Waals surface area contributed by atoms with Gasteiger partial charge in [-0.25, -0.2) is 4.98 Å². The quantitative estimate of drug-likeness (QED) is 0.580. The Hall–Kier alpha value is -3.39. The molecule has 0 aliphatic carbocycles. The second-order valence-corrected chi connectivity index (χ2v) is 6.48. The second kappa shape index (κ2) is 8.74. The molecule has 0 fully saturated rings. The number of hydrogen-bond donors (Lipinski definition) is 1. The zero-order valence-corrected chi connectivity index (χ0v) is 16.4. The maximum atomic E-state index is 12.8. The van der Waals surface area contributed by atoms with Crippen LogP contribution in [0.25, 0.3) is 10.9 Å². The molecular weight excluding hydrogens is 376 g/mol.